The van der Waals surface area contributed by atoms with Gasteiger partial charge in [0.1, 0.15) is 6.61 Å². The summed E-state index contributed by atoms with van der Waals surface area (Å²) in [5.41, 5.74) is 0.581. The lowest BCUT2D eigenvalue weighted by molar-refractivity contribution is 0.00467. The summed E-state index contributed by atoms with van der Waals surface area (Å²) in [6, 6.07) is 5.89. The zero-order valence-electron chi connectivity index (χ0n) is 13.4. The summed E-state index contributed by atoms with van der Waals surface area (Å²) < 4.78 is 10.9. The molecule has 0 aromatic heterocycles. The zero-order valence-corrected chi connectivity index (χ0v) is 13.4. The van der Waals surface area contributed by atoms with Gasteiger partial charge in [0.05, 0.1) is 12.7 Å². The molecule has 1 aliphatic rings. The minimum atomic E-state index is -0.532. The van der Waals surface area contributed by atoms with Crippen LogP contribution in [0.1, 0.15) is 37.7 Å². The van der Waals surface area contributed by atoms with Gasteiger partial charge in [0, 0.05) is 13.1 Å². The van der Waals surface area contributed by atoms with Gasteiger partial charge in [0.2, 0.25) is 0 Å². The lowest BCUT2D eigenvalue weighted by Crippen LogP contribution is -2.41. The van der Waals surface area contributed by atoms with Gasteiger partial charge in [-0.25, -0.2) is 0 Å². The third-order valence-electron chi connectivity index (χ3n) is 4.15. The van der Waals surface area contributed by atoms with E-state index in [-0.39, 0.29) is 0 Å². The fourth-order valence-electron chi connectivity index (χ4n) is 2.92. The quantitative estimate of drug-likeness (QED) is 0.725. The number of methoxy groups -OCH3 is 1. The highest BCUT2D eigenvalue weighted by Gasteiger charge is 2.28. The standard InChI is InChI=1S/C18H27NO3/c1-3-11-22-16-8-7-15(12-17(16)21-2)13-19-14-18(20)9-5-4-6-10-18/h3,7-8,12,19-20H,1,4-6,9-11,13-14H2,2H3. The molecule has 0 aliphatic heterocycles. The molecule has 22 heavy (non-hydrogen) atoms. The van der Waals surface area contributed by atoms with Gasteiger partial charge in [-0.1, -0.05) is 38.0 Å². The first kappa shape index (κ1) is 16.8. The highest BCUT2D eigenvalue weighted by atomic mass is 16.5. The van der Waals surface area contributed by atoms with Crippen molar-refractivity contribution in [2.75, 3.05) is 20.3 Å². The van der Waals surface area contributed by atoms with Crippen molar-refractivity contribution in [1.29, 1.82) is 0 Å². The fraction of sp³-hybridized carbons (Fsp3) is 0.556. The maximum absolute atomic E-state index is 10.5. The Bertz CT molecular complexity index is 481. The summed E-state index contributed by atoms with van der Waals surface area (Å²) in [4.78, 5) is 0. The van der Waals surface area contributed by atoms with Crippen LogP contribution in [0.3, 0.4) is 0 Å². The summed E-state index contributed by atoms with van der Waals surface area (Å²) in [6.07, 6.45) is 7.00. The maximum Gasteiger partial charge on any atom is 0.161 e. The van der Waals surface area contributed by atoms with Crippen molar-refractivity contribution in [3.8, 4) is 11.5 Å². The van der Waals surface area contributed by atoms with Crippen LogP contribution in [0, 0.1) is 0 Å². The van der Waals surface area contributed by atoms with Crippen molar-refractivity contribution in [2.45, 2.75) is 44.2 Å². The molecule has 1 aliphatic carbocycles. The van der Waals surface area contributed by atoms with E-state index < -0.39 is 5.60 Å². The average Bonchev–Trinajstić information content (AvgIpc) is 2.54. The molecule has 4 heteroatoms. The van der Waals surface area contributed by atoms with Crippen LogP contribution >= 0.6 is 0 Å². The van der Waals surface area contributed by atoms with Crippen molar-refractivity contribution in [2.24, 2.45) is 0 Å². The summed E-state index contributed by atoms with van der Waals surface area (Å²) in [5, 5.41) is 13.8. The zero-order chi connectivity index (χ0) is 15.8. The number of hydrogen-bond acceptors (Lipinski definition) is 4. The first-order chi connectivity index (χ1) is 10.7. The first-order valence-electron chi connectivity index (χ1n) is 8.00. The Morgan fingerprint density at radius 1 is 1.27 bits per heavy atom. The van der Waals surface area contributed by atoms with E-state index in [4.69, 9.17) is 9.47 Å². The molecule has 1 aromatic rings. The normalized spacial score (nSPS) is 17.0. The Hall–Kier alpha value is -1.52. The predicted octanol–water partition coefficient (Wildman–Crippen LogP) is 3.04. The van der Waals surface area contributed by atoms with Gasteiger partial charge in [-0.15, -0.1) is 0 Å². The molecular weight excluding hydrogens is 278 g/mol. The number of aliphatic hydroxyl groups is 1. The van der Waals surface area contributed by atoms with Gasteiger partial charge < -0.3 is 19.9 Å². The van der Waals surface area contributed by atoms with Gasteiger partial charge in [-0.05, 0) is 30.5 Å². The summed E-state index contributed by atoms with van der Waals surface area (Å²) in [5.74, 6) is 1.44. The Kier molecular flexibility index (Phi) is 6.28. The number of ether oxygens (including phenoxy) is 2. The second-order valence-corrected chi connectivity index (χ2v) is 5.97. The van der Waals surface area contributed by atoms with Crippen molar-refractivity contribution < 1.29 is 14.6 Å². The van der Waals surface area contributed by atoms with Crippen LogP contribution in [0.15, 0.2) is 30.9 Å². The Morgan fingerprint density at radius 3 is 2.73 bits per heavy atom. The number of benzene rings is 1. The molecule has 0 atom stereocenters. The third-order valence-corrected chi connectivity index (χ3v) is 4.15. The highest BCUT2D eigenvalue weighted by Crippen LogP contribution is 2.29. The van der Waals surface area contributed by atoms with Crippen LogP contribution < -0.4 is 14.8 Å². The van der Waals surface area contributed by atoms with Crippen molar-refractivity contribution in [3.63, 3.8) is 0 Å². The molecule has 0 saturated heterocycles. The molecule has 0 spiro atoms. The van der Waals surface area contributed by atoms with Gasteiger partial charge in [0.15, 0.2) is 11.5 Å². The summed E-state index contributed by atoms with van der Waals surface area (Å²) in [6.45, 7) is 5.45. The van der Waals surface area contributed by atoms with Gasteiger partial charge >= 0.3 is 0 Å². The van der Waals surface area contributed by atoms with E-state index in [1.54, 1.807) is 13.2 Å². The minimum absolute atomic E-state index is 0.459. The topological polar surface area (TPSA) is 50.7 Å². The number of hydrogen-bond donors (Lipinski definition) is 2. The van der Waals surface area contributed by atoms with E-state index in [1.807, 2.05) is 18.2 Å². The average molecular weight is 305 g/mol. The molecule has 2 N–H and O–H groups in total. The Labute approximate surface area is 133 Å². The maximum atomic E-state index is 10.5. The fourth-order valence-corrected chi connectivity index (χ4v) is 2.92. The number of rotatable bonds is 8. The Balaban J connectivity index is 1.88. The Morgan fingerprint density at radius 2 is 2.05 bits per heavy atom. The monoisotopic (exact) mass is 305 g/mol. The van der Waals surface area contributed by atoms with E-state index >= 15 is 0 Å². The lowest BCUT2D eigenvalue weighted by atomic mass is 9.85. The molecule has 0 unspecified atom stereocenters. The molecule has 0 bridgehead atoms. The summed E-state index contributed by atoms with van der Waals surface area (Å²) >= 11 is 0. The number of nitrogens with one attached hydrogen (secondary N) is 1. The molecule has 122 valence electrons. The van der Waals surface area contributed by atoms with E-state index in [9.17, 15) is 5.11 Å². The van der Waals surface area contributed by atoms with E-state index in [1.165, 1.54) is 6.42 Å². The molecule has 2 rings (SSSR count). The smallest absolute Gasteiger partial charge is 0.161 e. The van der Waals surface area contributed by atoms with Crippen LogP contribution in [0.2, 0.25) is 0 Å². The van der Waals surface area contributed by atoms with E-state index in [0.29, 0.717) is 19.7 Å². The molecule has 0 heterocycles. The molecule has 1 saturated carbocycles. The molecule has 1 fully saturated rings. The third kappa shape index (κ3) is 4.75. The second kappa shape index (κ2) is 8.20. The lowest BCUT2D eigenvalue weighted by Gasteiger charge is -2.32. The van der Waals surface area contributed by atoms with Gasteiger partial charge in [0.25, 0.3) is 0 Å². The van der Waals surface area contributed by atoms with E-state index in [2.05, 4.69) is 11.9 Å². The van der Waals surface area contributed by atoms with Crippen molar-refractivity contribution >= 4 is 0 Å². The SMILES string of the molecule is C=CCOc1ccc(CNCC2(O)CCCCC2)cc1OC. The van der Waals surface area contributed by atoms with Crippen molar-refractivity contribution in [1.82, 2.24) is 5.32 Å². The predicted molar refractivity (Wildman–Crippen MR) is 88.4 cm³/mol. The van der Waals surface area contributed by atoms with E-state index in [0.717, 1.165) is 42.7 Å². The highest BCUT2D eigenvalue weighted by molar-refractivity contribution is 5.43. The molecule has 0 amide bonds. The van der Waals surface area contributed by atoms with Gasteiger partial charge in [-0.3, -0.25) is 0 Å². The first-order valence-corrected chi connectivity index (χ1v) is 8.00. The van der Waals surface area contributed by atoms with Crippen LogP contribution in [-0.2, 0) is 6.54 Å². The van der Waals surface area contributed by atoms with Crippen LogP contribution in [0.25, 0.3) is 0 Å². The van der Waals surface area contributed by atoms with Gasteiger partial charge in [-0.2, -0.15) is 0 Å². The minimum Gasteiger partial charge on any atom is -0.493 e. The summed E-state index contributed by atoms with van der Waals surface area (Å²) in [7, 11) is 1.64. The molecule has 1 aromatic carbocycles. The van der Waals surface area contributed by atoms with Crippen LogP contribution in [0.4, 0.5) is 0 Å². The molecular formula is C18H27NO3. The second-order valence-electron chi connectivity index (χ2n) is 5.97. The van der Waals surface area contributed by atoms with Crippen LogP contribution in [-0.4, -0.2) is 31.0 Å². The van der Waals surface area contributed by atoms with Crippen LogP contribution in [0.5, 0.6) is 11.5 Å². The molecule has 0 radical (unpaired) electrons. The largest absolute Gasteiger partial charge is 0.493 e. The van der Waals surface area contributed by atoms with Crippen molar-refractivity contribution in [3.05, 3.63) is 36.4 Å². The molecule has 4 nitrogen and oxygen atoms in total.